The number of nitrogens with one attached hydrogen (secondary N) is 1. The van der Waals surface area contributed by atoms with Gasteiger partial charge in [-0.1, -0.05) is 0 Å². The summed E-state index contributed by atoms with van der Waals surface area (Å²) in [7, 11) is 0. The van der Waals surface area contributed by atoms with Crippen molar-refractivity contribution >= 4 is 23.4 Å². The Kier molecular flexibility index (Phi) is 3.25. The third-order valence-corrected chi connectivity index (χ3v) is 2.95. The van der Waals surface area contributed by atoms with Gasteiger partial charge in [0.15, 0.2) is 5.16 Å². The molecule has 0 aliphatic heterocycles. The Morgan fingerprint density at radius 3 is 3.12 bits per heavy atom. The van der Waals surface area contributed by atoms with E-state index in [1.54, 1.807) is 12.3 Å². The lowest BCUT2D eigenvalue weighted by Gasteiger charge is -2.00. The molecule has 1 N–H and O–H groups in total. The van der Waals surface area contributed by atoms with E-state index in [0.717, 1.165) is 0 Å². The predicted molar refractivity (Wildman–Crippen MR) is 59.7 cm³/mol. The molecule has 6 nitrogen and oxygen atoms in total. The quantitative estimate of drug-likeness (QED) is 0.660. The standard InChI is InChI=1S/C8H8ClN5OS/c1-2-14-7(15)12-13-8(14)16-5-3-4-10-6(9)11-5/h3-4H,2H2,1H3,(H,12,15). The van der Waals surface area contributed by atoms with Gasteiger partial charge in [-0.25, -0.2) is 19.9 Å². The number of hydrogen-bond donors (Lipinski definition) is 1. The highest BCUT2D eigenvalue weighted by Gasteiger charge is 2.09. The fraction of sp³-hybridized carbons (Fsp3) is 0.250. The minimum atomic E-state index is -0.231. The fourth-order valence-corrected chi connectivity index (χ4v) is 2.19. The van der Waals surface area contributed by atoms with Crippen molar-refractivity contribution in [1.29, 1.82) is 0 Å². The van der Waals surface area contributed by atoms with Crippen LogP contribution in [0.25, 0.3) is 0 Å². The summed E-state index contributed by atoms with van der Waals surface area (Å²) in [5.74, 6) is 0. The largest absolute Gasteiger partial charge is 0.343 e. The molecule has 0 amide bonds. The van der Waals surface area contributed by atoms with Crippen LogP contribution >= 0.6 is 23.4 Å². The molecule has 8 heteroatoms. The Hall–Kier alpha value is -1.34. The molecule has 2 heterocycles. The van der Waals surface area contributed by atoms with Gasteiger partial charge >= 0.3 is 5.69 Å². The number of rotatable bonds is 3. The highest BCUT2D eigenvalue weighted by Crippen LogP contribution is 2.23. The van der Waals surface area contributed by atoms with Crippen molar-refractivity contribution in [3.8, 4) is 0 Å². The molecule has 0 bridgehead atoms. The summed E-state index contributed by atoms with van der Waals surface area (Å²) >= 11 is 6.92. The predicted octanol–water partition coefficient (Wildman–Crippen LogP) is 1.19. The van der Waals surface area contributed by atoms with E-state index in [9.17, 15) is 4.79 Å². The molecule has 0 unspecified atom stereocenters. The van der Waals surface area contributed by atoms with Crippen molar-refractivity contribution in [3.63, 3.8) is 0 Å². The summed E-state index contributed by atoms with van der Waals surface area (Å²) in [5.41, 5.74) is -0.231. The molecular weight excluding hydrogens is 250 g/mol. The van der Waals surface area contributed by atoms with Crippen molar-refractivity contribution in [2.24, 2.45) is 0 Å². The van der Waals surface area contributed by atoms with Crippen LogP contribution in [0.2, 0.25) is 5.28 Å². The van der Waals surface area contributed by atoms with Gasteiger partial charge in [0, 0.05) is 12.7 Å². The third-order valence-electron chi connectivity index (χ3n) is 1.84. The molecular formula is C8H8ClN5OS. The summed E-state index contributed by atoms with van der Waals surface area (Å²) in [6.45, 7) is 2.42. The van der Waals surface area contributed by atoms with E-state index < -0.39 is 0 Å². The van der Waals surface area contributed by atoms with Gasteiger partial charge in [-0.15, -0.1) is 5.10 Å². The van der Waals surface area contributed by atoms with Crippen LogP contribution < -0.4 is 5.69 Å². The summed E-state index contributed by atoms with van der Waals surface area (Å²) in [4.78, 5) is 19.1. The monoisotopic (exact) mass is 257 g/mol. The van der Waals surface area contributed by atoms with Gasteiger partial charge in [-0.05, 0) is 36.4 Å². The SMILES string of the molecule is CCn1c(Sc2ccnc(Cl)n2)n[nH]c1=O. The zero-order chi connectivity index (χ0) is 11.5. The smallest absolute Gasteiger partial charge is 0.270 e. The van der Waals surface area contributed by atoms with Gasteiger partial charge in [-0.2, -0.15) is 0 Å². The van der Waals surface area contributed by atoms with Crippen molar-refractivity contribution in [2.45, 2.75) is 23.7 Å². The maximum Gasteiger partial charge on any atom is 0.343 e. The highest BCUT2D eigenvalue weighted by molar-refractivity contribution is 7.99. The number of H-pyrrole nitrogens is 1. The lowest BCUT2D eigenvalue weighted by Crippen LogP contribution is -2.16. The van der Waals surface area contributed by atoms with Crippen LogP contribution in [0.5, 0.6) is 0 Å². The molecule has 2 rings (SSSR count). The van der Waals surface area contributed by atoms with E-state index in [1.165, 1.54) is 16.3 Å². The van der Waals surface area contributed by atoms with E-state index in [1.807, 2.05) is 6.92 Å². The average molecular weight is 258 g/mol. The molecule has 0 spiro atoms. The van der Waals surface area contributed by atoms with E-state index in [4.69, 9.17) is 11.6 Å². The molecule has 0 radical (unpaired) electrons. The summed E-state index contributed by atoms with van der Waals surface area (Å²) in [6.07, 6.45) is 1.55. The molecule has 16 heavy (non-hydrogen) atoms. The van der Waals surface area contributed by atoms with Crippen LogP contribution in [0, 0.1) is 0 Å². The zero-order valence-corrected chi connectivity index (χ0v) is 9.92. The van der Waals surface area contributed by atoms with Gasteiger partial charge < -0.3 is 0 Å². The zero-order valence-electron chi connectivity index (χ0n) is 8.35. The Bertz CT molecular complexity index is 551. The molecule has 0 saturated carbocycles. The van der Waals surface area contributed by atoms with Crippen molar-refractivity contribution in [2.75, 3.05) is 0 Å². The minimum Gasteiger partial charge on any atom is -0.270 e. The first kappa shape index (κ1) is 11.2. The molecule has 0 aliphatic carbocycles. The Morgan fingerprint density at radius 1 is 1.62 bits per heavy atom. The van der Waals surface area contributed by atoms with Crippen molar-refractivity contribution in [3.05, 3.63) is 28.0 Å². The van der Waals surface area contributed by atoms with E-state index in [2.05, 4.69) is 20.2 Å². The van der Waals surface area contributed by atoms with Crippen molar-refractivity contribution < 1.29 is 0 Å². The summed E-state index contributed by atoms with van der Waals surface area (Å²) < 4.78 is 1.51. The van der Waals surface area contributed by atoms with Gasteiger partial charge in [0.25, 0.3) is 0 Å². The topological polar surface area (TPSA) is 76.5 Å². The minimum absolute atomic E-state index is 0.172. The normalized spacial score (nSPS) is 10.6. The second kappa shape index (κ2) is 4.67. The molecule has 0 fully saturated rings. The van der Waals surface area contributed by atoms with Gasteiger partial charge in [0.05, 0.1) is 0 Å². The lowest BCUT2D eigenvalue weighted by molar-refractivity contribution is 0.660. The number of hydrogen-bond acceptors (Lipinski definition) is 5. The average Bonchev–Trinajstić information content (AvgIpc) is 2.59. The second-order valence-corrected chi connectivity index (χ2v) is 4.15. The molecule has 2 aromatic rings. The first-order valence-corrected chi connectivity index (χ1v) is 5.71. The number of aromatic nitrogens is 5. The molecule has 2 aromatic heterocycles. The van der Waals surface area contributed by atoms with Crippen LogP contribution in [0.4, 0.5) is 0 Å². The molecule has 84 valence electrons. The van der Waals surface area contributed by atoms with Crippen LogP contribution in [-0.2, 0) is 6.54 Å². The number of halogens is 1. The lowest BCUT2D eigenvalue weighted by atomic mass is 10.7. The van der Waals surface area contributed by atoms with E-state index >= 15 is 0 Å². The first-order chi connectivity index (χ1) is 7.70. The first-order valence-electron chi connectivity index (χ1n) is 4.52. The highest BCUT2D eigenvalue weighted by atomic mass is 35.5. The number of aromatic amines is 1. The van der Waals surface area contributed by atoms with Gasteiger partial charge in [0.2, 0.25) is 5.28 Å². The van der Waals surface area contributed by atoms with Gasteiger partial charge in [0.1, 0.15) is 5.03 Å². The van der Waals surface area contributed by atoms with Crippen LogP contribution in [0.15, 0.2) is 27.2 Å². The number of nitrogens with zero attached hydrogens (tertiary/aromatic N) is 4. The summed E-state index contributed by atoms with van der Waals surface area (Å²) in [5, 5.41) is 7.66. The Balaban J connectivity index is 2.30. The van der Waals surface area contributed by atoms with E-state index in [-0.39, 0.29) is 11.0 Å². The van der Waals surface area contributed by atoms with Crippen molar-refractivity contribution in [1.82, 2.24) is 24.7 Å². The Labute approximate surface area is 100 Å². The van der Waals surface area contributed by atoms with E-state index in [0.29, 0.717) is 16.7 Å². The molecule has 0 aromatic carbocycles. The summed E-state index contributed by atoms with van der Waals surface area (Å²) in [6, 6.07) is 1.70. The Morgan fingerprint density at radius 2 is 2.44 bits per heavy atom. The maximum atomic E-state index is 11.3. The van der Waals surface area contributed by atoms with Crippen LogP contribution in [0.1, 0.15) is 6.92 Å². The second-order valence-electron chi connectivity index (χ2n) is 2.82. The third kappa shape index (κ3) is 2.25. The maximum absolute atomic E-state index is 11.3. The molecule has 0 atom stereocenters. The molecule has 0 saturated heterocycles. The van der Waals surface area contributed by atoms with Crippen LogP contribution in [-0.4, -0.2) is 24.7 Å². The van der Waals surface area contributed by atoms with Gasteiger partial charge in [-0.3, -0.25) is 4.57 Å². The molecule has 0 aliphatic rings. The van der Waals surface area contributed by atoms with Crippen LogP contribution in [0.3, 0.4) is 0 Å². The fourth-order valence-electron chi connectivity index (χ4n) is 1.13.